The Morgan fingerprint density at radius 2 is 1.95 bits per heavy atom. The molecule has 0 radical (unpaired) electrons. The summed E-state index contributed by atoms with van der Waals surface area (Å²) < 4.78 is 5.48. The maximum absolute atomic E-state index is 11.9. The third-order valence-corrected chi connectivity index (χ3v) is 3.20. The van der Waals surface area contributed by atoms with Crippen LogP contribution in [0.2, 0.25) is 5.02 Å². The molecule has 0 spiro atoms. The fraction of sp³-hybridized carbons (Fsp3) is 0.133. The van der Waals surface area contributed by atoms with Gasteiger partial charge in [-0.25, -0.2) is 0 Å². The second kappa shape index (κ2) is 7.22. The van der Waals surface area contributed by atoms with Crippen LogP contribution in [0, 0.1) is 0 Å². The Morgan fingerprint density at radius 1 is 1.20 bits per heavy atom. The van der Waals surface area contributed by atoms with E-state index < -0.39 is 0 Å². The van der Waals surface area contributed by atoms with E-state index in [9.17, 15) is 4.79 Å². The van der Waals surface area contributed by atoms with Crippen molar-refractivity contribution in [2.75, 3.05) is 13.2 Å². The van der Waals surface area contributed by atoms with E-state index in [2.05, 4.69) is 17.9 Å². The summed E-state index contributed by atoms with van der Waals surface area (Å²) in [4.78, 5) is 12.6. The molecule has 5 heteroatoms. The number of rotatable bonds is 5. The van der Waals surface area contributed by atoms with Gasteiger partial charge in [-0.15, -0.1) is 12.6 Å². The van der Waals surface area contributed by atoms with Crippen LogP contribution in [-0.4, -0.2) is 19.1 Å². The highest BCUT2D eigenvalue weighted by Gasteiger charge is 2.09. The van der Waals surface area contributed by atoms with Crippen LogP contribution in [0.15, 0.2) is 53.4 Å². The van der Waals surface area contributed by atoms with E-state index >= 15 is 0 Å². The molecule has 0 aliphatic rings. The Balaban J connectivity index is 1.82. The summed E-state index contributed by atoms with van der Waals surface area (Å²) in [6.45, 7) is 0.800. The summed E-state index contributed by atoms with van der Waals surface area (Å²) in [6.07, 6.45) is 0. The van der Waals surface area contributed by atoms with Crippen LogP contribution in [0.3, 0.4) is 0 Å². The summed E-state index contributed by atoms with van der Waals surface area (Å²) in [5, 5.41) is 3.16. The van der Waals surface area contributed by atoms with Gasteiger partial charge in [0.2, 0.25) is 0 Å². The summed E-state index contributed by atoms with van der Waals surface area (Å²) in [5.41, 5.74) is 0.416. The van der Waals surface area contributed by atoms with Crippen molar-refractivity contribution >= 4 is 30.1 Å². The number of nitrogens with one attached hydrogen (secondary N) is 1. The minimum atomic E-state index is -0.234. The van der Waals surface area contributed by atoms with E-state index in [4.69, 9.17) is 16.3 Å². The lowest BCUT2D eigenvalue weighted by Crippen LogP contribution is -2.28. The third-order valence-electron chi connectivity index (χ3n) is 2.59. The van der Waals surface area contributed by atoms with Crippen molar-refractivity contribution < 1.29 is 9.53 Å². The first-order valence-corrected chi connectivity index (χ1v) is 6.94. The minimum Gasteiger partial charge on any atom is -0.492 e. The van der Waals surface area contributed by atoms with Gasteiger partial charge in [0.15, 0.2) is 0 Å². The lowest BCUT2D eigenvalue weighted by molar-refractivity contribution is 0.0947. The van der Waals surface area contributed by atoms with E-state index in [-0.39, 0.29) is 5.91 Å². The fourth-order valence-electron chi connectivity index (χ4n) is 1.63. The maximum atomic E-state index is 11.9. The second-order valence-electron chi connectivity index (χ2n) is 4.08. The van der Waals surface area contributed by atoms with E-state index in [1.54, 1.807) is 18.2 Å². The second-order valence-corrected chi connectivity index (χ2v) is 5.01. The Labute approximate surface area is 128 Å². The van der Waals surface area contributed by atoms with Crippen molar-refractivity contribution in [3.8, 4) is 5.75 Å². The van der Waals surface area contributed by atoms with Gasteiger partial charge in [-0.1, -0.05) is 29.8 Å². The minimum absolute atomic E-state index is 0.234. The summed E-state index contributed by atoms with van der Waals surface area (Å²) in [7, 11) is 0. The summed E-state index contributed by atoms with van der Waals surface area (Å²) >= 11 is 10.2. The number of para-hydroxylation sites is 1. The van der Waals surface area contributed by atoms with Gasteiger partial charge >= 0.3 is 0 Å². The maximum Gasteiger partial charge on any atom is 0.252 e. The van der Waals surface area contributed by atoms with Crippen molar-refractivity contribution in [2.24, 2.45) is 0 Å². The van der Waals surface area contributed by atoms with Gasteiger partial charge in [-0.05, 0) is 30.3 Å². The predicted molar refractivity (Wildman–Crippen MR) is 83.0 cm³/mol. The quantitative estimate of drug-likeness (QED) is 0.656. The van der Waals surface area contributed by atoms with Gasteiger partial charge in [0, 0.05) is 4.90 Å². The van der Waals surface area contributed by atoms with Crippen LogP contribution in [0.1, 0.15) is 10.4 Å². The van der Waals surface area contributed by atoms with Crippen LogP contribution in [0.25, 0.3) is 0 Å². The van der Waals surface area contributed by atoms with Crippen LogP contribution in [-0.2, 0) is 0 Å². The van der Waals surface area contributed by atoms with Gasteiger partial charge in [0.25, 0.3) is 5.91 Å². The average Bonchev–Trinajstić information content (AvgIpc) is 2.47. The molecule has 20 heavy (non-hydrogen) atoms. The Kier molecular flexibility index (Phi) is 5.32. The van der Waals surface area contributed by atoms with E-state index in [1.165, 1.54) is 0 Å². The van der Waals surface area contributed by atoms with Gasteiger partial charge < -0.3 is 10.1 Å². The molecular formula is C15H14ClNO2S. The highest BCUT2D eigenvalue weighted by atomic mass is 35.5. The van der Waals surface area contributed by atoms with Crippen LogP contribution in [0.5, 0.6) is 5.75 Å². The number of carbonyl (C=O) groups excluding carboxylic acids is 1. The first-order chi connectivity index (χ1) is 9.66. The van der Waals surface area contributed by atoms with E-state index in [0.717, 1.165) is 5.75 Å². The smallest absolute Gasteiger partial charge is 0.252 e. The highest BCUT2D eigenvalue weighted by Crippen LogP contribution is 2.19. The first-order valence-electron chi connectivity index (χ1n) is 6.11. The SMILES string of the molecule is O=C(NCCOc1ccccc1)c1cc(S)ccc1Cl. The standard InChI is InChI=1S/C15H14ClNO2S/c16-14-7-6-12(20)10-13(14)15(18)17-8-9-19-11-4-2-1-3-5-11/h1-7,10,20H,8-9H2,(H,17,18). The molecule has 0 atom stereocenters. The van der Waals surface area contributed by atoms with Gasteiger partial charge in [0.1, 0.15) is 12.4 Å². The number of thiol groups is 1. The van der Waals surface area contributed by atoms with Crippen molar-refractivity contribution in [3.63, 3.8) is 0 Å². The van der Waals surface area contributed by atoms with Gasteiger partial charge in [-0.2, -0.15) is 0 Å². The molecule has 1 amide bonds. The van der Waals surface area contributed by atoms with Gasteiger partial charge in [0.05, 0.1) is 17.1 Å². The summed E-state index contributed by atoms with van der Waals surface area (Å²) in [6, 6.07) is 14.5. The molecule has 0 saturated carbocycles. The zero-order valence-corrected chi connectivity index (χ0v) is 12.3. The Bertz CT molecular complexity index is 590. The normalized spacial score (nSPS) is 10.1. The largest absolute Gasteiger partial charge is 0.492 e. The number of amides is 1. The number of carbonyl (C=O) groups is 1. The molecule has 104 valence electrons. The molecule has 0 unspecified atom stereocenters. The molecule has 2 rings (SSSR count). The van der Waals surface area contributed by atoms with E-state index in [0.29, 0.717) is 28.6 Å². The molecule has 0 fully saturated rings. The molecule has 0 saturated heterocycles. The first kappa shape index (κ1) is 14.8. The molecule has 0 heterocycles. The molecule has 2 aromatic carbocycles. The molecule has 0 aromatic heterocycles. The lowest BCUT2D eigenvalue weighted by Gasteiger charge is -2.09. The van der Waals surface area contributed by atoms with Gasteiger partial charge in [-0.3, -0.25) is 4.79 Å². The van der Waals surface area contributed by atoms with E-state index in [1.807, 2.05) is 30.3 Å². The van der Waals surface area contributed by atoms with Crippen molar-refractivity contribution in [1.82, 2.24) is 5.32 Å². The molecule has 0 aliphatic heterocycles. The fourth-order valence-corrected chi connectivity index (χ4v) is 2.04. The topological polar surface area (TPSA) is 38.3 Å². The van der Waals surface area contributed by atoms with Crippen molar-refractivity contribution in [1.29, 1.82) is 0 Å². The van der Waals surface area contributed by atoms with Crippen LogP contribution < -0.4 is 10.1 Å². The third kappa shape index (κ3) is 4.18. The van der Waals surface area contributed by atoms with Crippen LogP contribution in [0.4, 0.5) is 0 Å². The molecule has 1 N–H and O–H groups in total. The molecule has 0 bridgehead atoms. The lowest BCUT2D eigenvalue weighted by atomic mass is 10.2. The molecule has 3 nitrogen and oxygen atoms in total. The molecular weight excluding hydrogens is 294 g/mol. The summed E-state index contributed by atoms with van der Waals surface area (Å²) in [5.74, 6) is 0.541. The number of halogens is 1. The Morgan fingerprint density at radius 3 is 2.70 bits per heavy atom. The number of ether oxygens (including phenoxy) is 1. The predicted octanol–water partition coefficient (Wildman–Crippen LogP) is 3.44. The highest BCUT2D eigenvalue weighted by molar-refractivity contribution is 7.80. The Hall–Kier alpha value is -1.65. The van der Waals surface area contributed by atoms with Crippen LogP contribution >= 0.6 is 24.2 Å². The number of hydrogen-bond donors (Lipinski definition) is 2. The number of hydrogen-bond acceptors (Lipinski definition) is 3. The average molecular weight is 308 g/mol. The number of benzene rings is 2. The monoisotopic (exact) mass is 307 g/mol. The zero-order chi connectivity index (χ0) is 14.4. The van der Waals surface area contributed by atoms with Crippen molar-refractivity contribution in [3.05, 3.63) is 59.1 Å². The van der Waals surface area contributed by atoms with Crippen molar-refractivity contribution in [2.45, 2.75) is 4.90 Å². The zero-order valence-electron chi connectivity index (χ0n) is 10.7. The molecule has 0 aliphatic carbocycles. The molecule has 2 aromatic rings.